The van der Waals surface area contributed by atoms with Crippen molar-refractivity contribution in [1.29, 1.82) is 0 Å². The van der Waals surface area contributed by atoms with Crippen molar-refractivity contribution in [2.24, 2.45) is 0 Å². The average Bonchev–Trinajstić information content (AvgIpc) is 2.10. The fraction of sp³-hybridized carbons (Fsp3) is 0.800. The predicted octanol–water partition coefficient (Wildman–Crippen LogP) is 1.50. The van der Waals surface area contributed by atoms with Gasteiger partial charge < -0.3 is 10.0 Å². The van der Waals surface area contributed by atoms with Crippen LogP contribution in [0.25, 0.3) is 0 Å². The van der Waals surface area contributed by atoms with Crippen molar-refractivity contribution < 1.29 is 14.7 Å². The van der Waals surface area contributed by atoms with Gasteiger partial charge in [0.05, 0.1) is 0 Å². The minimum Gasteiger partial charge on any atom is -0.480 e. The van der Waals surface area contributed by atoms with E-state index in [1.54, 1.807) is 6.92 Å². The second-order valence-electron chi connectivity index (χ2n) is 3.30. The van der Waals surface area contributed by atoms with Crippen molar-refractivity contribution in [3.05, 3.63) is 0 Å². The Kier molecular flexibility index (Phi) is 5.92. The summed E-state index contributed by atoms with van der Waals surface area (Å²) in [6.07, 6.45) is 2.32. The highest BCUT2D eigenvalue weighted by atomic mass is 16.4. The molecular weight excluding hydrogens is 182 g/mol. The number of carbonyl (C=O) groups is 2. The fourth-order valence-electron chi connectivity index (χ4n) is 1.47. The molecular formula is C10H19NO3. The van der Waals surface area contributed by atoms with E-state index in [-0.39, 0.29) is 5.91 Å². The van der Waals surface area contributed by atoms with Gasteiger partial charge in [-0.25, -0.2) is 4.79 Å². The number of nitrogens with zero attached hydrogens (tertiary/aromatic N) is 1. The molecule has 14 heavy (non-hydrogen) atoms. The second kappa shape index (κ2) is 6.40. The molecule has 1 unspecified atom stereocenters. The van der Waals surface area contributed by atoms with Crippen molar-refractivity contribution in [3.63, 3.8) is 0 Å². The van der Waals surface area contributed by atoms with Gasteiger partial charge in [0.2, 0.25) is 5.91 Å². The van der Waals surface area contributed by atoms with Crippen molar-refractivity contribution in [2.75, 3.05) is 6.54 Å². The number of carboxylic acids is 1. The Morgan fingerprint density at radius 3 is 2.21 bits per heavy atom. The molecule has 0 fully saturated rings. The van der Waals surface area contributed by atoms with Gasteiger partial charge in [0.15, 0.2) is 0 Å². The van der Waals surface area contributed by atoms with E-state index in [1.807, 2.05) is 6.92 Å². The van der Waals surface area contributed by atoms with Gasteiger partial charge >= 0.3 is 5.97 Å². The van der Waals surface area contributed by atoms with Crippen LogP contribution < -0.4 is 0 Å². The first-order chi connectivity index (χ1) is 6.54. The van der Waals surface area contributed by atoms with E-state index in [1.165, 1.54) is 11.8 Å². The summed E-state index contributed by atoms with van der Waals surface area (Å²) in [4.78, 5) is 23.5. The predicted molar refractivity (Wildman–Crippen MR) is 54.0 cm³/mol. The summed E-state index contributed by atoms with van der Waals surface area (Å²) in [6, 6.07) is -0.655. The standard InChI is InChI=1S/C10H19NO3/c1-4-6-7-9(10(13)14)11(5-2)8(3)12/h9H,4-7H2,1-3H3,(H,13,14). The molecule has 1 atom stereocenters. The minimum atomic E-state index is -0.907. The number of carbonyl (C=O) groups excluding carboxylic acids is 1. The van der Waals surface area contributed by atoms with Gasteiger partial charge in [-0.2, -0.15) is 0 Å². The summed E-state index contributed by atoms with van der Waals surface area (Å²) in [7, 11) is 0. The molecule has 1 N–H and O–H groups in total. The highest BCUT2D eigenvalue weighted by Gasteiger charge is 2.25. The minimum absolute atomic E-state index is 0.170. The molecule has 0 aromatic rings. The van der Waals surface area contributed by atoms with E-state index in [2.05, 4.69) is 0 Å². The average molecular weight is 201 g/mol. The number of carboxylic acid groups (broad SMARTS) is 1. The number of hydrogen-bond donors (Lipinski definition) is 1. The molecule has 0 radical (unpaired) electrons. The van der Waals surface area contributed by atoms with Gasteiger partial charge in [0, 0.05) is 13.5 Å². The lowest BCUT2D eigenvalue weighted by Crippen LogP contribution is -2.43. The van der Waals surface area contributed by atoms with Crippen molar-refractivity contribution in [1.82, 2.24) is 4.90 Å². The molecule has 0 aromatic carbocycles. The van der Waals surface area contributed by atoms with E-state index in [0.29, 0.717) is 13.0 Å². The Labute approximate surface area is 84.9 Å². The number of rotatable bonds is 6. The summed E-state index contributed by atoms with van der Waals surface area (Å²) >= 11 is 0. The van der Waals surface area contributed by atoms with Crippen LogP contribution in [0.1, 0.15) is 40.0 Å². The van der Waals surface area contributed by atoms with Crippen LogP contribution in [0.2, 0.25) is 0 Å². The number of amides is 1. The molecule has 4 nitrogen and oxygen atoms in total. The van der Waals surface area contributed by atoms with Crippen molar-refractivity contribution in [2.45, 2.75) is 46.1 Å². The van der Waals surface area contributed by atoms with Gasteiger partial charge in [0.25, 0.3) is 0 Å². The van der Waals surface area contributed by atoms with Crippen molar-refractivity contribution >= 4 is 11.9 Å². The van der Waals surface area contributed by atoms with Gasteiger partial charge in [-0.3, -0.25) is 4.79 Å². The molecule has 1 amide bonds. The van der Waals surface area contributed by atoms with Crippen LogP contribution >= 0.6 is 0 Å². The van der Waals surface area contributed by atoms with Crippen LogP contribution in [0.4, 0.5) is 0 Å². The van der Waals surface area contributed by atoms with Crippen LogP contribution in [0.5, 0.6) is 0 Å². The van der Waals surface area contributed by atoms with E-state index in [4.69, 9.17) is 5.11 Å². The number of hydrogen-bond acceptors (Lipinski definition) is 2. The van der Waals surface area contributed by atoms with E-state index < -0.39 is 12.0 Å². The Morgan fingerprint density at radius 1 is 1.36 bits per heavy atom. The summed E-state index contributed by atoms with van der Waals surface area (Å²) < 4.78 is 0. The monoisotopic (exact) mass is 201 g/mol. The van der Waals surface area contributed by atoms with Gasteiger partial charge in [-0.1, -0.05) is 19.8 Å². The molecule has 82 valence electrons. The number of unbranched alkanes of at least 4 members (excludes halogenated alkanes) is 1. The first-order valence-corrected chi connectivity index (χ1v) is 5.04. The molecule has 0 saturated carbocycles. The lowest BCUT2D eigenvalue weighted by Gasteiger charge is -2.26. The lowest BCUT2D eigenvalue weighted by molar-refractivity contribution is -0.149. The largest absolute Gasteiger partial charge is 0.480 e. The Hall–Kier alpha value is -1.06. The SMILES string of the molecule is CCCCC(C(=O)O)N(CC)C(C)=O. The number of aliphatic carboxylic acids is 1. The normalized spacial score (nSPS) is 12.2. The number of likely N-dealkylation sites (N-methyl/N-ethyl adjacent to an activating group) is 1. The first-order valence-electron chi connectivity index (χ1n) is 5.04. The van der Waals surface area contributed by atoms with Crippen LogP contribution in [-0.2, 0) is 9.59 Å². The molecule has 0 bridgehead atoms. The fourth-order valence-corrected chi connectivity index (χ4v) is 1.47. The summed E-state index contributed by atoms with van der Waals surface area (Å²) in [5.74, 6) is -1.08. The maximum atomic E-state index is 11.1. The maximum absolute atomic E-state index is 11.1. The molecule has 0 spiro atoms. The topological polar surface area (TPSA) is 57.6 Å². The molecule has 0 heterocycles. The molecule has 0 rings (SSSR count). The third-order valence-corrected chi connectivity index (χ3v) is 2.24. The van der Waals surface area contributed by atoms with Crippen LogP contribution in [0.3, 0.4) is 0 Å². The highest BCUT2D eigenvalue weighted by Crippen LogP contribution is 2.09. The Balaban J connectivity index is 4.44. The third kappa shape index (κ3) is 3.77. The zero-order valence-corrected chi connectivity index (χ0v) is 9.12. The lowest BCUT2D eigenvalue weighted by atomic mass is 10.1. The van der Waals surface area contributed by atoms with E-state index in [9.17, 15) is 9.59 Å². The van der Waals surface area contributed by atoms with Gasteiger partial charge in [-0.15, -0.1) is 0 Å². The third-order valence-electron chi connectivity index (χ3n) is 2.24. The van der Waals surface area contributed by atoms with Crippen molar-refractivity contribution in [3.8, 4) is 0 Å². The van der Waals surface area contributed by atoms with Crippen LogP contribution in [0, 0.1) is 0 Å². The van der Waals surface area contributed by atoms with Gasteiger partial charge in [-0.05, 0) is 13.3 Å². The summed E-state index contributed by atoms with van der Waals surface area (Å²) in [6.45, 7) is 5.66. The molecule has 0 aliphatic carbocycles. The second-order valence-corrected chi connectivity index (χ2v) is 3.30. The van der Waals surface area contributed by atoms with Crippen LogP contribution in [-0.4, -0.2) is 34.5 Å². The van der Waals surface area contributed by atoms with Crippen LogP contribution in [0.15, 0.2) is 0 Å². The van der Waals surface area contributed by atoms with Gasteiger partial charge in [0.1, 0.15) is 6.04 Å². The molecule has 0 saturated heterocycles. The molecule has 0 aliphatic rings. The zero-order chi connectivity index (χ0) is 11.1. The Morgan fingerprint density at radius 2 is 1.93 bits per heavy atom. The quantitative estimate of drug-likeness (QED) is 0.708. The molecule has 4 heteroatoms. The van der Waals surface area contributed by atoms with E-state index >= 15 is 0 Å². The highest BCUT2D eigenvalue weighted by molar-refractivity contribution is 5.82. The summed E-state index contributed by atoms with van der Waals surface area (Å²) in [5.41, 5.74) is 0. The Bertz CT molecular complexity index is 204. The first kappa shape index (κ1) is 12.9. The smallest absolute Gasteiger partial charge is 0.326 e. The van der Waals surface area contributed by atoms with E-state index in [0.717, 1.165) is 12.8 Å². The molecule has 0 aliphatic heterocycles. The molecule has 0 aromatic heterocycles. The summed E-state index contributed by atoms with van der Waals surface area (Å²) in [5, 5.41) is 8.96. The maximum Gasteiger partial charge on any atom is 0.326 e. The zero-order valence-electron chi connectivity index (χ0n) is 9.12.